The summed E-state index contributed by atoms with van der Waals surface area (Å²) in [6.07, 6.45) is 0.931. The molecule has 0 unspecified atom stereocenters. The van der Waals surface area contributed by atoms with E-state index in [-0.39, 0.29) is 0 Å². The number of nitrogens with zero attached hydrogens (tertiary/aromatic N) is 2. The van der Waals surface area contributed by atoms with Crippen LogP contribution in [0.3, 0.4) is 0 Å². The maximum atomic E-state index is 5.35. The average Bonchev–Trinajstić information content (AvgIpc) is 2.26. The van der Waals surface area contributed by atoms with Crippen molar-refractivity contribution in [3.05, 3.63) is 17.5 Å². The quantitative estimate of drug-likeness (QED) is 0.698. The Hall–Kier alpha value is -1.20. The molecule has 1 aromatic heterocycles. The van der Waals surface area contributed by atoms with Gasteiger partial charge < -0.3 is 14.8 Å². The molecule has 96 valence electrons. The second-order valence-corrected chi connectivity index (χ2v) is 3.86. The fourth-order valence-electron chi connectivity index (χ4n) is 1.42. The van der Waals surface area contributed by atoms with Crippen LogP contribution in [0.25, 0.3) is 0 Å². The Kier molecular flexibility index (Phi) is 6.50. The van der Waals surface area contributed by atoms with Crippen LogP contribution in [0.4, 0.5) is 5.95 Å². The highest BCUT2D eigenvalue weighted by molar-refractivity contribution is 5.27. The summed E-state index contributed by atoms with van der Waals surface area (Å²) in [6.45, 7) is 6.77. The van der Waals surface area contributed by atoms with Gasteiger partial charge in [-0.2, -0.15) is 0 Å². The number of aryl methyl sites for hydroxylation is 2. The van der Waals surface area contributed by atoms with E-state index in [1.807, 2.05) is 19.9 Å². The van der Waals surface area contributed by atoms with Gasteiger partial charge in [-0.1, -0.05) is 0 Å². The Morgan fingerprint density at radius 3 is 2.47 bits per heavy atom. The third-order valence-electron chi connectivity index (χ3n) is 2.16. The fraction of sp³-hybridized carbons (Fsp3) is 0.667. The second-order valence-electron chi connectivity index (χ2n) is 3.86. The maximum absolute atomic E-state index is 5.35. The molecule has 0 fully saturated rings. The molecule has 0 aliphatic rings. The summed E-state index contributed by atoms with van der Waals surface area (Å²) in [7, 11) is 1.67. The van der Waals surface area contributed by atoms with Crippen LogP contribution in [-0.2, 0) is 9.47 Å². The van der Waals surface area contributed by atoms with Crippen molar-refractivity contribution in [1.82, 2.24) is 9.97 Å². The van der Waals surface area contributed by atoms with Crippen molar-refractivity contribution in [3.8, 4) is 0 Å². The van der Waals surface area contributed by atoms with Crippen molar-refractivity contribution in [2.24, 2.45) is 0 Å². The van der Waals surface area contributed by atoms with Crippen molar-refractivity contribution >= 4 is 5.95 Å². The van der Waals surface area contributed by atoms with Crippen LogP contribution in [0.2, 0.25) is 0 Å². The first-order chi connectivity index (χ1) is 8.22. The molecule has 0 aromatic carbocycles. The monoisotopic (exact) mass is 239 g/mol. The molecule has 0 atom stereocenters. The summed E-state index contributed by atoms with van der Waals surface area (Å²) in [5.74, 6) is 0.694. The van der Waals surface area contributed by atoms with E-state index in [4.69, 9.17) is 9.47 Å². The SMILES string of the molecule is COCCOCCCNc1nc(C)cc(C)n1. The van der Waals surface area contributed by atoms with Gasteiger partial charge in [0.2, 0.25) is 5.95 Å². The van der Waals surface area contributed by atoms with Gasteiger partial charge in [0.05, 0.1) is 13.2 Å². The van der Waals surface area contributed by atoms with E-state index >= 15 is 0 Å². The lowest BCUT2D eigenvalue weighted by atomic mass is 10.3. The molecule has 0 amide bonds. The molecule has 17 heavy (non-hydrogen) atoms. The second kappa shape index (κ2) is 7.97. The number of hydrogen-bond acceptors (Lipinski definition) is 5. The van der Waals surface area contributed by atoms with Gasteiger partial charge in [-0.3, -0.25) is 0 Å². The van der Waals surface area contributed by atoms with Gasteiger partial charge in [-0.05, 0) is 26.3 Å². The summed E-state index contributed by atoms with van der Waals surface area (Å²) in [5.41, 5.74) is 1.97. The van der Waals surface area contributed by atoms with E-state index in [2.05, 4.69) is 15.3 Å². The molecule has 1 N–H and O–H groups in total. The molecule has 0 saturated carbocycles. The van der Waals surface area contributed by atoms with E-state index in [0.29, 0.717) is 19.2 Å². The topological polar surface area (TPSA) is 56.3 Å². The molecule has 0 aliphatic heterocycles. The molecule has 0 saturated heterocycles. The van der Waals surface area contributed by atoms with Crippen LogP contribution >= 0.6 is 0 Å². The molecule has 5 heteroatoms. The molecule has 1 rings (SSSR count). The third kappa shape index (κ3) is 6.19. The number of rotatable bonds is 8. The molecular formula is C12H21N3O2. The zero-order chi connectivity index (χ0) is 12.5. The van der Waals surface area contributed by atoms with E-state index in [0.717, 1.165) is 31.0 Å². The zero-order valence-electron chi connectivity index (χ0n) is 10.8. The maximum Gasteiger partial charge on any atom is 0.223 e. The highest BCUT2D eigenvalue weighted by Crippen LogP contribution is 2.03. The van der Waals surface area contributed by atoms with Crippen molar-refractivity contribution < 1.29 is 9.47 Å². The zero-order valence-corrected chi connectivity index (χ0v) is 10.8. The third-order valence-corrected chi connectivity index (χ3v) is 2.16. The van der Waals surface area contributed by atoms with Gasteiger partial charge in [0.1, 0.15) is 0 Å². The van der Waals surface area contributed by atoms with Gasteiger partial charge >= 0.3 is 0 Å². The lowest BCUT2D eigenvalue weighted by Crippen LogP contribution is -2.10. The van der Waals surface area contributed by atoms with E-state index in [1.54, 1.807) is 7.11 Å². The number of hydrogen-bond donors (Lipinski definition) is 1. The first-order valence-corrected chi connectivity index (χ1v) is 5.85. The number of aromatic nitrogens is 2. The summed E-state index contributed by atoms with van der Waals surface area (Å²) in [4.78, 5) is 8.60. The highest BCUT2D eigenvalue weighted by Gasteiger charge is 1.98. The number of methoxy groups -OCH3 is 1. The summed E-state index contributed by atoms with van der Waals surface area (Å²) < 4.78 is 10.2. The Labute approximate surface area is 103 Å². The minimum Gasteiger partial charge on any atom is -0.382 e. The van der Waals surface area contributed by atoms with Crippen molar-refractivity contribution in [3.63, 3.8) is 0 Å². The standard InChI is InChI=1S/C12H21N3O2/c1-10-9-11(2)15-12(14-10)13-5-4-6-17-8-7-16-3/h9H,4-8H2,1-3H3,(H,13,14,15). The predicted octanol–water partition coefficient (Wildman–Crippen LogP) is 1.56. The van der Waals surface area contributed by atoms with Crippen LogP contribution in [0.1, 0.15) is 17.8 Å². The Morgan fingerprint density at radius 1 is 1.12 bits per heavy atom. The largest absolute Gasteiger partial charge is 0.382 e. The first-order valence-electron chi connectivity index (χ1n) is 5.85. The van der Waals surface area contributed by atoms with Gasteiger partial charge in [-0.25, -0.2) is 9.97 Å². The van der Waals surface area contributed by atoms with Crippen LogP contribution < -0.4 is 5.32 Å². The van der Waals surface area contributed by atoms with Gasteiger partial charge in [0.15, 0.2) is 0 Å². The number of nitrogens with one attached hydrogen (secondary N) is 1. The molecular weight excluding hydrogens is 218 g/mol. The Bertz CT molecular complexity index is 311. The lowest BCUT2D eigenvalue weighted by Gasteiger charge is -2.07. The smallest absolute Gasteiger partial charge is 0.223 e. The van der Waals surface area contributed by atoms with E-state index in [1.165, 1.54) is 0 Å². The van der Waals surface area contributed by atoms with Crippen molar-refractivity contribution in [2.45, 2.75) is 20.3 Å². The highest BCUT2D eigenvalue weighted by atomic mass is 16.5. The molecule has 0 radical (unpaired) electrons. The molecule has 0 aliphatic carbocycles. The molecule has 5 nitrogen and oxygen atoms in total. The summed E-state index contributed by atoms with van der Waals surface area (Å²) in [6, 6.07) is 1.96. The molecule has 1 heterocycles. The summed E-state index contributed by atoms with van der Waals surface area (Å²) in [5, 5.41) is 3.18. The molecule has 0 spiro atoms. The van der Waals surface area contributed by atoms with Crippen LogP contribution in [0.15, 0.2) is 6.07 Å². The van der Waals surface area contributed by atoms with Crippen molar-refractivity contribution in [1.29, 1.82) is 0 Å². The van der Waals surface area contributed by atoms with Gasteiger partial charge in [0.25, 0.3) is 0 Å². The summed E-state index contributed by atoms with van der Waals surface area (Å²) >= 11 is 0. The Balaban J connectivity index is 2.13. The van der Waals surface area contributed by atoms with Crippen LogP contribution in [0, 0.1) is 13.8 Å². The van der Waals surface area contributed by atoms with E-state index in [9.17, 15) is 0 Å². The van der Waals surface area contributed by atoms with Crippen molar-refractivity contribution in [2.75, 3.05) is 38.8 Å². The van der Waals surface area contributed by atoms with Gasteiger partial charge in [0, 0.05) is 31.6 Å². The molecule has 1 aromatic rings. The van der Waals surface area contributed by atoms with E-state index < -0.39 is 0 Å². The van der Waals surface area contributed by atoms with Crippen LogP contribution in [0.5, 0.6) is 0 Å². The number of ether oxygens (including phenoxy) is 2. The normalized spacial score (nSPS) is 10.5. The fourth-order valence-corrected chi connectivity index (χ4v) is 1.42. The van der Waals surface area contributed by atoms with Gasteiger partial charge in [-0.15, -0.1) is 0 Å². The lowest BCUT2D eigenvalue weighted by molar-refractivity contribution is 0.0705. The molecule has 0 bridgehead atoms. The number of anilines is 1. The Morgan fingerprint density at radius 2 is 1.82 bits per heavy atom. The predicted molar refractivity (Wildman–Crippen MR) is 67.3 cm³/mol. The minimum atomic E-state index is 0.646. The first kappa shape index (κ1) is 13.9. The average molecular weight is 239 g/mol. The minimum absolute atomic E-state index is 0.646. The van der Waals surface area contributed by atoms with Crippen LogP contribution in [-0.4, -0.2) is 43.4 Å².